The highest BCUT2D eigenvalue weighted by Gasteiger charge is 2.14. The topological polar surface area (TPSA) is 42.2 Å². The first kappa shape index (κ1) is 13.4. The Morgan fingerprint density at radius 1 is 1.16 bits per heavy atom. The van der Waals surface area contributed by atoms with Gasteiger partial charge in [-0.05, 0) is 23.8 Å². The molecule has 2 aromatic rings. The lowest BCUT2D eigenvalue weighted by Crippen LogP contribution is -2.15. The summed E-state index contributed by atoms with van der Waals surface area (Å²) in [5.41, 5.74) is 7.44. The van der Waals surface area contributed by atoms with Gasteiger partial charge >= 0.3 is 0 Å². The molecule has 0 unspecified atom stereocenters. The number of rotatable bonds is 3. The molecule has 1 heterocycles. The van der Waals surface area contributed by atoms with E-state index in [0.29, 0.717) is 16.9 Å². The van der Waals surface area contributed by atoms with E-state index in [2.05, 4.69) is 4.98 Å². The molecular formula is C14H15F2N3. The fraction of sp³-hybridized carbons (Fsp3) is 0.214. The normalized spacial score (nSPS) is 10.6. The summed E-state index contributed by atoms with van der Waals surface area (Å²) in [4.78, 5) is 6.04. The Morgan fingerprint density at radius 3 is 2.47 bits per heavy atom. The third-order valence-corrected chi connectivity index (χ3v) is 2.88. The molecule has 0 aliphatic carbocycles. The van der Waals surface area contributed by atoms with E-state index in [0.717, 1.165) is 11.6 Å². The Balaban J connectivity index is 2.65. The van der Waals surface area contributed by atoms with Crippen LogP contribution in [0, 0.1) is 11.6 Å². The highest BCUT2D eigenvalue weighted by molar-refractivity contribution is 5.72. The zero-order valence-electron chi connectivity index (χ0n) is 10.8. The molecule has 2 N–H and O–H groups in total. The highest BCUT2D eigenvalue weighted by Crippen LogP contribution is 2.30. The predicted octanol–water partition coefficient (Wildman–Crippen LogP) is 2.55. The second-order valence-electron chi connectivity index (χ2n) is 4.38. The van der Waals surface area contributed by atoms with Gasteiger partial charge in [-0.1, -0.05) is 0 Å². The van der Waals surface area contributed by atoms with Gasteiger partial charge in [-0.15, -0.1) is 0 Å². The molecule has 0 aliphatic heterocycles. The predicted molar refractivity (Wildman–Crippen MR) is 71.8 cm³/mol. The molecule has 5 heteroatoms. The van der Waals surface area contributed by atoms with E-state index in [1.165, 1.54) is 12.1 Å². The third kappa shape index (κ3) is 2.56. The quantitative estimate of drug-likeness (QED) is 0.925. The average molecular weight is 263 g/mol. The largest absolute Gasteiger partial charge is 0.362 e. The van der Waals surface area contributed by atoms with Crippen molar-refractivity contribution < 1.29 is 8.78 Å². The van der Waals surface area contributed by atoms with E-state index < -0.39 is 11.6 Å². The zero-order chi connectivity index (χ0) is 14.0. The Labute approximate surface area is 110 Å². The molecule has 0 bridgehead atoms. The second-order valence-corrected chi connectivity index (χ2v) is 4.38. The van der Waals surface area contributed by atoms with Crippen LogP contribution < -0.4 is 10.6 Å². The van der Waals surface area contributed by atoms with Gasteiger partial charge in [0.2, 0.25) is 0 Å². The molecular weight excluding hydrogens is 248 g/mol. The molecule has 0 saturated heterocycles. The fourth-order valence-electron chi connectivity index (χ4n) is 2.03. The van der Waals surface area contributed by atoms with Gasteiger partial charge < -0.3 is 10.6 Å². The van der Waals surface area contributed by atoms with Crippen molar-refractivity contribution >= 4 is 5.82 Å². The van der Waals surface area contributed by atoms with Crippen LogP contribution in [-0.4, -0.2) is 19.1 Å². The van der Waals surface area contributed by atoms with Crippen molar-refractivity contribution in [3.8, 4) is 11.1 Å². The first-order valence-corrected chi connectivity index (χ1v) is 5.85. The van der Waals surface area contributed by atoms with Crippen molar-refractivity contribution in [3.05, 3.63) is 47.7 Å². The number of hydrogen-bond donors (Lipinski definition) is 1. The van der Waals surface area contributed by atoms with Crippen LogP contribution >= 0.6 is 0 Å². The summed E-state index contributed by atoms with van der Waals surface area (Å²) < 4.78 is 26.8. The van der Waals surface area contributed by atoms with Crippen molar-refractivity contribution in [2.24, 2.45) is 5.73 Å². The summed E-state index contributed by atoms with van der Waals surface area (Å²) in [5.74, 6) is -0.522. The van der Waals surface area contributed by atoms with Crippen LogP contribution in [0.25, 0.3) is 11.1 Å². The van der Waals surface area contributed by atoms with Crippen molar-refractivity contribution in [2.75, 3.05) is 19.0 Å². The molecule has 0 amide bonds. The van der Waals surface area contributed by atoms with Crippen molar-refractivity contribution in [1.82, 2.24) is 4.98 Å². The van der Waals surface area contributed by atoms with Gasteiger partial charge in [0.05, 0.1) is 0 Å². The number of pyridine rings is 1. The molecule has 0 saturated carbocycles. The standard InChI is InChI=1S/C14H15F2N3/c1-19(2)14-12(8-17)10(5-6-18-14)11-4-3-9(15)7-13(11)16/h3-7H,8,17H2,1-2H3. The van der Waals surface area contributed by atoms with Crippen molar-refractivity contribution in [2.45, 2.75) is 6.54 Å². The number of nitrogens with zero attached hydrogens (tertiary/aromatic N) is 2. The Hall–Kier alpha value is -2.01. The van der Waals surface area contributed by atoms with E-state index in [4.69, 9.17) is 5.73 Å². The molecule has 0 atom stereocenters. The smallest absolute Gasteiger partial charge is 0.133 e. The molecule has 1 aromatic carbocycles. The third-order valence-electron chi connectivity index (χ3n) is 2.88. The summed E-state index contributed by atoms with van der Waals surface area (Å²) in [6.45, 7) is 0.230. The zero-order valence-corrected chi connectivity index (χ0v) is 10.8. The molecule has 100 valence electrons. The molecule has 3 nitrogen and oxygen atoms in total. The van der Waals surface area contributed by atoms with Gasteiger partial charge in [0.25, 0.3) is 0 Å². The summed E-state index contributed by atoms with van der Waals surface area (Å²) in [6, 6.07) is 5.20. The average Bonchev–Trinajstić information content (AvgIpc) is 2.37. The van der Waals surface area contributed by atoms with Crippen LogP contribution in [0.1, 0.15) is 5.56 Å². The van der Waals surface area contributed by atoms with Gasteiger partial charge in [0, 0.05) is 44.0 Å². The second kappa shape index (κ2) is 5.32. The Bertz CT molecular complexity index is 597. The van der Waals surface area contributed by atoms with Crippen LogP contribution in [0.3, 0.4) is 0 Å². The number of anilines is 1. The van der Waals surface area contributed by atoms with Crippen molar-refractivity contribution in [1.29, 1.82) is 0 Å². The summed E-state index contributed by atoms with van der Waals surface area (Å²) in [7, 11) is 3.68. The molecule has 0 aliphatic rings. The number of benzene rings is 1. The first-order chi connectivity index (χ1) is 9.04. The SMILES string of the molecule is CN(C)c1nccc(-c2ccc(F)cc2F)c1CN. The van der Waals surface area contributed by atoms with E-state index in [1.54, 1.807) is 12.3 Å². The molecule has 0 spiro atoms. The Morgan fingerprint density at radius 2 is 1.89 bits per heavy atom. The summed E-state index contributed by atoms with van der Waals surface area (Å²) >= 11 is 0. The molecule has 1 aromatic heterocycles. The molecule has 0 fully saturated rings. The van der Waals surface area contributed by atoms with Gasteiger partial charge in [-0.25, -0.2) is 13.8 Å². The van der Waals surface area contributed by atoms with E-state index in [9.17, 15) is 8.78 Å². The monoisotopic (exact) mass is 263 g/mol. The van der Waals surface area contributed by atoms with Gasteiger partial charge in [0.15, 0.2) is 0 Å². The fourth-order valence-corrected chi connectivity index (χ4v) is 2.03. The lowest BCUT2D eigenvalue weighted by molar-refractivity contribution is 0.585. The number of hydrogen-bond acceptors (Lipinski definition) is 3. The van der Waals surface area contributed by atoms with Gasteiger partial charge in [-0.2, -0.15) is 0 Å². The number of aromatic nitrogens is 1. The van der Waals surface area contributed by atoms with Crippen LogP contribution in [0.4, 0.5) is 14.6 Å². The molecule has 19 heavy (non-hydrogen) atoms. The van der Waals surface area contributed by atoms with Crippen LogP contribution in [0.5, 0.6) is 0 Å². The van der Waals surface area contributed by atoms with E-state index >= 15 is 0 Å². The number of halogens is 2. The van der Waals surface area contributed by atoms with Gasteiger partial charge in [-0.3, -0.25) is 0 Å². The summed E-state index contributed by atoms with van der Waals surface area (Å²) in [5, 5.41) is 0. The van der Waals surface area contributed by atoms with Crippen LogP contribution in [-0.2, 0) is 6.54 Å². The van der Waals surface area contributed by atoms with E-state index in [-0.39, 0.29) is 6.54 Å². The van der Waals surface area contributed by atoms with E-state index in [1.807, 2.05) is 19.0 Å². The molecule has 2 rings (SSSR count). The Kier molecular flexibility index (Phi) is 3.76. The van der Waals surface area contributed by atoms with Crippen molar-refractivity contribution in [3.63, 3.8) is 0 Å². The first-order valence-electron chi connectivity index (χ1n) is 5.85. The van der Waals surface area contributed by atoms with Gasteiger partial charge in [0.1, 0.15) is 17.5 Å². The minimum atomic E-state index is -0.606. The lowest BCUT2D eigenvalue weighted by atomic mass is 10.00. The summed E-state index contributed by atoms with van der Waals surface area (Å²) in [6.07, 6.45) is 1.59. The highest BCUT2D eigenvalue weighted by atomic mass is 19.1. The number of nitrogens with two attached hydrogens (primary N) is 1. The van der Waals surface area contributed by atoms with Crippen LogP contribution in [0.15, 0.2) is 30.5 Å². The molecule has 0 radical (unpaired) electrons. The maximum atomic E-state index is 13.9. The van der Waals surface area contributed by atoms with Crippen LogP contribution in [0.2, 0.25) is 0 Å². The lowest BCUT2D eigenvalue weighted by Gasteiger charge is -2.18. The minimum Gasteiger partial charge on any atom is -0.362 e. The minimum absolute atomic E-state index is 0.230. The maximum absolute atomic E-state index is 13.9. The maximum Gasteiger partial charge on any atom is 0.133 e.